The number of nitrogens with zero attached hydrogens (tertiary/aromatic N) is 2. The van der Waals surface area contributed by atoms with Crippen molar-refractivity contribution in [3.05, 3.63) is 41.6 Å². The van der Waals surface area contributed by atoms with E-state index in [4.69, 9.17) is 9.47 Å². The molecule has 9 heteroatoms. The number of methoxy groups -OCH3 is 1. The molecule has 1 aliphatic rings. The quantitative estimate of drug-likeness (QED) is 0.832. The molecule has 0 aliphatic carbocycles. The zero-order valence-electron chi connectivity index (χ0n) is 14.2. The predicted octanol–water partition coefficient (Wildman–Crippen LogP) is 3.73. The first kappa shape index (κ1) is 18.1. The average molecular weight is 369 g/mol. The summed E-state index contributed by atoms with van der Waals surface area (Å²) in [5.74, 6) is -0.0930. The number of fused-ring (bicyclic) bond motifs is 1. The topological polar surface area (TPSA) is 65.4 Å². The molecule has 0 radical (unpaired) electrons. The van der Waals surface area contributed by atoms with Crippen molar-refractivity contribution in [2.45, 2.75) is 31.6 Å². The molecule has 6 nitrogen and oxygen atoms in total. The van der Waals surface area contributed by atoms with Crippen LogP contribution >= 0.6 is 0 Å². The lowest BCUT2D eigenvalue weighted by Gasteiger charge is -2.34. The molecule has 0 spiro atoms. The summed E-state index contributed by atoms with van der Waals surface area (Å²) < 4.78 is 51.5. The number of nitrogens with one attached hydrogen (secondary N) is 1. The Hall–Kier alpha value is -2.71. The van der Waals surface area contributed by atoms with Crippen LogP contribution in [0.2, 0.25) is 0 Å². The number of esters is 1. The largest absolute Gasteiger partial charge is 0.497 e. The van der Waals surface area contributed by atoms with Gasteiger partial charge in [0, 0.05) is 6.42 Å². The van der Waals surface area contributed by atoms with E-state index in [1.807, 2.05) is 0 Å². The number of aromatic nitrogens is 2. The van der Waals surface area contributed by atoms with E-state index < -0.39 is 24.2 Å². The van der Waals surface area contributed by atoms with Gasteiger partial charge in [-0.2, -0.15) is 18.3 Å². The Morgan fingerprint density at radius 3 is 2.62 bits per heavy atom. The van der Waals surface area contributed by atoms with Crippen molar-refractivity contribution in [1.29, 1.82) is 0 Å². The van der Waals surface area contributed by atoms with Gasteiger partial charge in [-0.1, -0.05) is 12.1 Å². The van der Waals surface area contributed by atoms with Gasteiger partial charge in [0.05, 0.1) is 26.0 Å². The zero-order valence-corrected chi connectivity index (χ0v) is 14.2. The van der Waals surface area contributed by atoms with Crippen LogP contribution in [-0.2, 0) is 4.74 Å². The van der Waals surface area contributed by atoms with E-state index >= 15 is 0 Å². The van der Waals surface area contributed by atoms with E-state index in [1.54, 1.807) is 31.2 Å². The lowest BCUT2D eigenvalue weighted by Crippen LogP contribution is -2.36. The molecule has 1 aromatic heterocycles. The summed E-state index contributed by atoms with van der Waals surface area (Å²) in [6, 6.07) is 4.27. The van der Waals surface area contributed by atoms with Gasteiger partial charge in [-0.25, -0.2) is 9.48 Å². The number of hydrogen-bond donors (Lipinski definition) is 1. The maximum absolute atomic E-state index is 13.6. The summed E-state index contributed by atoms with van der Waals surface area (Å²) in [5.41, 5.74) is 0.640. The van der Waals surface area contributed by atoms with Gasteiger partial charge < -0.3 is 14.8 Å². The Kier molecular flexibility index (Phi) is 4.80. The highest BCUT2D eigenvalue weighted by molar-refractivity contribution is 5.94. The van der Waals surface area contributed by atoms with Gasteiger partial charge in [-0.3, -0.25) is 0 Å². The summed E-state index contributed by atoms with van der Waals surface area (Å²) in [4.78, 5) is 12.0. The standard InChI is InChI=1S/C17H18F3N3O3/c1-3-26-16(24)12-9-21-23-14(17(18,19)20)8-13(22-15(12)23)10-4-6-11(25-2)7-5-10/h4-7,9,13-14,22H,3,8H2,1-2H3/t13-,14+/m1/s1. The van der Waals surface area contributed by atoms with Crippen LogP contribution in [0.15, 0.2) is 30.5 Å². The van der Waals surface area contributed by atoms with Crippen molar-refractivity contribution in [1.82, 2.24) is 9.78 Å². The first-order chi connectivity index (χ1) is 12.3. The molecule has 2 atom stereocenters. The Bertz CT molecular complexity index is 787. The molecule has 0 saturated carbocycles. The Balaban J connectivity index is 1.99. The minimum Gasteiger partial charge on any atom is -0.497 e. The third-order valence-electron chi connectivity index (χ3n) is 4.25. The summed E-state index contributed by atoms with van der Waals surface area (Å²) in [6.45, 7) is 1.74. The summed E-state index contributed by atoms with van der Waals surface area (Å²) in [7, 11) is 1.51. The fraction of sp³-hybridized carbons (Fsp3) is 0.412. The van der Waals surface area contributed by atoms with Gasteiger partial charge in [0.2, 0.25) is 0 Å². The average Bonchev–Trinajstić information content (AvgIpc) is 3.04. The smallest absolute Gasteiger partial charge is 0.410 e. The van der Waals surface area contributed by atoms with Crippen molar-refractivity contribution in [3.8, 4) is 5.75 Å². The number of benzene rings is 1. The SMILES string of the molecule is CCOC(=O)c1cnn2c1N[C@@H](c1ccc(OC)cc1)C[C@H]2C(F)(F)F. The number of alkyl halides is 3. The Morgan fingerprint density at radius 2 is 2.04 bits per heavy atom. The molecule has 2 aromatic rings. The van der Waals surface area contributed by atoms with E-state index in [1.165, 1.54) is 7.11 Å². The lowest BCUT2D eigenvalue weighted by molar-refractivity contribution is -0.173. The van der Waals surface area contributed by atoms with Gasteiger partial charge in [0.25, 0.3) is 0 Å². The number of carbonyl (C=O) groups excluding carboxylic acids is 1. The fourth-order valence-electron chi connectivity index (χ4n) is 2.98. The maximum Gasteiger partial charge on any atom is 0.410 e. The van der Waals surface area contributed by atoms with Crippen molar-refractivity contribution in [3.63, 3.8) is 0 Å². The molecule has 0 bridgehead atoms. The van der Waals surface area contributed by atoms with E-state index in [9.17, 15) is 18.0 Å². The molecule has 1 N–H and O–H groups in total. The molecule has 0 fully saturated rings. The molecule has 3 rings (SSSR count). The van der Waals surface area contributed by atoms with Crippen LogP contribution in [0.5, 0.6) is 5.75 Å². The monoisotopic (exact) mass is 369 g/mol. The van der Waals surface area contributed by atoms with Crippen LogP contribution in [0.4, 0.5) is 19.0 Å². The number of rotatable bonds is 4. The second-order valence-corrected chi connectivity index (χ2v) is 5.84. The summed E-state index contributed by atoms with van der Waals surface area (Å²) in [6.07, 6.45) is -3.64. The molecule has 1 aliphatic heterocycles. The number of halogens is 3. The first-order valence-corrected chi connectivity index (χ1v) is 8.07. The van der Waals surface area contributed by atoms with Gasteiger partial charge in [0.15, 0.2) is 6.04 Å². The summed E-state index contributed by atoms with van der Waals surface area (Å²) >= 11 is 0. The normalized spacial score (nSPS) is 19.4. The predicted molar refractivity (Wildman–Crippen MR) is 87.3 cm³/mol. The molecule has 0 unspecified atom stereocenters. The Labute approximate surface area is 147 Å². The molecular formula is C17H18F3N3O3. The van der Waals surface area contributed by atoms with Crippen molar-refractivity contribution >= 4 is 11.8 Å². The van der Waals surface area contributed by atoms with E-state index in [2.05, 4.69) is 10.4 Å². The van der Waals surface area contributed by atoms with Crippen molar-refractivity contribution < 1.29 is 27.4 Å². The highest BCUT2D eigenvalue weighted by Gasteiger charge is 2.47. The van der Waals surface area contributed by atoms with Crippen molar-refractivity contribution in [2.75, 3.05) is 19.0 Å². The van der Waals surface area contributed by atoms with E-state index in [0.29, 0.717) is 11.3 Å². The number of carbonyl (C=O) groups is 1. The first-order valence-electron chi connectivity index (χ1n) is 8.07. The van der Waals surface area contributed by atoms with Crippen LogP contribution in [-0.4, -0.2) is 35.6 Å². The van der Waals surface area contributed by atoms with E-state index in [-0.39, 0.29) is 24.4 Å². The molecule has 0 saturated heterocycles. The second kappa shape index (κ2) is 6.89. The van der Waals surface area contributed by atoms with Crippen LogP contribution in [0.25, 0.3) is 0 Å². The van der Waals surface area contributed by atoms with Crippen molar-refractivity contribution in [2.24, 2.45) is 0 Å². The molecule has 2 heterocycles. The fourth-order valence-corrected chi connectivity index (χ4v) is 2.98. The highest BCUT2D eigenvalue weighted by atomic mass is 19.4. The highest BCUT2D eigenvalue weighted by Crippen LogP contribution is 2.44. The number of anilines is 1. The third-order valence-corrected chi connectivity index (χ3v) is 4.25. The van der Waals surface area contributed by atoms with Gasteiger partial charge in [0.1, 0.15) is 17.1 Å². The van der Waals surface area contributed by atoms with Crippen LogP contribution in [0, 0.1) is 0 Å². The molecule has 1 aromatic carbocycles. The molecule has 140 valence electrons. The van der Waals surface area contributed by atoms with Crippen LogP contribution in [0.3, 0.4) is 0 Å². The number of hydrogen-bond acceptors (Lipinski definition) is 5. The minimum atomic E-state index is -4.50. The van der Waals surface area contributed by atoms with Crippen LogP contribution in [0.1, 0.15) is 41.3 Å². The number of ether oxygens (including phenoxy) is 2. The third kappa shape index (κ3) is 3.33. The molecule has 26 heavy (non-hydrogen) atoms. The zero-order chi connectivity index (χ0) is 18.9. The second-order valence-electron chi connectivity index (χ2n) is 5.84. The van der Waals surface area contributed by atoms with Gasteiger partial charge >= 0.3 is 12.1 Å². The Morgan fingerprint density at radius 1 is 1.35 bits per heavy atom. The van der Waals surface area contributed by atoms with Crippen LogP contribution < -0.4 is 10.1 Å². The van der Waals surface area contributed by atoms with Gasteiger partial charge in [-0.15, -0.1) is 0 Å². The summed E-state index contributed by atoms with van der Waals surface area (Å²) in [5, 5.41) is 6.78. The molecular weight excluding hydrogens is 351 g/mol. The van der Waals surface area contributed by atoms with E-state index in [0.717, 1.165) is 10.9 Å². The lowest BCUT2D eigenvalue weighted by atomic mass is 9.96. The van der Waals surface area contributed by atoms with Gasteiger partial charge in [-0.05, 0) is 24.6 Å². The maximum atomic E-state index is 13.6. The molecule has 0 amide bonds. The minimum absolute atomic E-state index is 0.0119.